The topological polar surface area (TPSA) is 29.5 Å². The molecule has 1 aromatic carbocycles. The lowest BCUT2D eigenvalue weighted by Gasteiger charge is -2.47. The molecule has 16 heavy (non-hydrogen) atoms. The molecule has 0 amide bonds. The molecule has 1 fully saturated rings. The lowest BCUT2D eigenvalue weighted by Crippen LogP contribution is -2.45. The molecule has 0 bridgehead atoms. The first kappa shape index (κ1) is 12.0. The first-order chi connectivity index (χ1) is 7.63. The highest BCUT2D eigenvalue weighted by atomic mass is 31.2. The average Bonchev–Trinajstić information content (AvgIpc) is 2.28. The van der Waals surface area contributed by atoms with Gasteiger partial charge in [-0.05, 0) is 12.0 Å². The summed E-state index contributed by atoms with van der Waals surface area (Å²) < 4.78 is 4.06. The number of rotatable bonds is 2. The minimum absolute atomic E-state index is 0.654. The van der Waals surface area contributed by atoms with E-state index in [9.17, 15) is 4.89 Å². The Kier molecular flexibility index (Phi) is 3.60. The maximum Gasteiger partial charge on any atom is 0.111 e. The van der Waals surface area contributed by atoms with Crippen molar-refractivity contribution in [2.24, 2.45) is 0 Å². The lowest BCUT2D eigenvalue weighted by molar-refractivity contribution is -0.196. The first-order valence-electron chi connectivity index (χ1n) is 5.69. The van der Waals surface area contributed by atoms with Gasteiger partial charge in [-0.3, -0.25) is 0 Å². The van der Waals surface area contributed by atoms with E-state index in [1.54, 1.807) is 0 Å². The van der Waals surface area contributed by atoms with Crippen LogP contribution in [0.3, 0.4) is 0 Å². The van der Waals surface area contributed by atoms with Crippen LogP contribution in [0.1, 0.15) is 12.0 Å². The predicted octanol–water partition coefficient (Wildman–Crippen LogP) is 1.58. The van der Waals surface area contributed by atoms with Gasteiger partial charge >= 0.3 is 0 Å². The highest BCUT2D eigenvalue weighted by Gasteiger charge is 2.39. The molecule has 0 spiro atoms. The molecule has 0 aromatic heterocycles. The number of benzene rings is 1. The van der Waals surface area contributed by atoms with Crippen LogP contribution in [0, 0.1) is 0 Å². The van der Waals surface area contributed by atoms with Gasteiger partial charge in [-0.1, -0.05) is 30.3 Å². The van der Waals surface area contributed by atoms with Gasteiger partial charge in [0.2, 0.25) is 0 Å². The molecule has 1 aliphatic heterocycles. The van der Waals surface area contributed by atoms with Gasteiger partial charge in [-0.25, -0.2) is 0 Å². The summed E-state index contributed by atoms with van der Waals surface area (Å²) >= 11 is 0. The van der Waals surface area contributed by atoms with Crippen LogP contribution in [0.15, 0.2) is 30.3 Å². The molecule has 88 valence electrons. The summed E-state index contributed by atoms with van der Waals surface area (Å²) in [6.45, 7) is 1.88. The van der Waals surface area contributed by atoms with E-state index in [2.05, 4.69) is 12.1 Å². The predicted molar refractivity (Wildman–Crippen MR) is 66.9 cm³/mol. The van der Waals surface area contributed by atoms with E-state index < -0.39 is 7.79 Å². The monoisotopic (exact) mass is 238 g/mol. The van der Waals surface area contributed by atoms with Crippen LogP contribution < -0.4 is 4.89 Å². The molecular formula is C12H19N2OP. The summed E-state index contributed by atoms with van der Waals surface area (Å²) in [6.07, 6.45) is 1.76. The third kappa shape index (κ3) is 2.28. The van der Waals surface area contributed by atoms with E-state index in [-0.39, 0.29) is 0 Å². The Labute approximate surface area is 98.2 Å². The van der Waals surface area contributed by atoms with E-state index in [1.807, 2.05) is 41.6 Å². The van der Waals surface area contributed by atoms with Gasteiger partial charge < -0.3 is 4.89 Å². The number of hydrogen-bond donors (Lipinski definition) is 0. The summed E-state index contributed by atoms with van der Waals surface area (Å²) in [7, 11) is 1.59. The molecule has 1 heterocycles. The zero-order valence-corrected chi connectivity index (χ0v) is 10.9. The molecule has 1 aromatic rings. The van der Waals surface area contributed by atoms with Crippen molar-refractivity contribution in [1.29, 1.82) is 0 Å². The summed E-state index contributed by atoms with van der Waals surface area (Å²) in [5.74, 6) is 0. The molecule has 0 saturated carbocycles. The Bertz CT molecular complexity index is 334. The zero-order valence-electron chi connectivity index (χ0n) is 9.97. The van der Waals surface area contributed by atoms with Crippen LogP contribution in [0.25, 0.3) is 0 Å². The van der Waals surface area contributed by atoms with Crippen LogP contribution in [0.4, 0.5) is 0 Å². The molecule has 0 aliphatic carbocycles. The smallest absolute Gasteiger partial charge is 0.111 e. The second-order valence-corrected chi connectivity index (χ2v) is 7.44. The quantitative estimate of drug-likeness (QED) is 0.733. The Morgan fingerprint density at radius 2 is 1.69 bits per heavy atom. The standard InChI is InChI=1S/C12H19N2OP/c1-13-9-6-10-14(2)16(13,15)11-12-7-4-3-5-8-12/h3-5,7-8H,6,9-11H2,1-2H3. The fourth-order valence-electron chi connectivity index (χ4n) is 2.16. The normalized spacial score (nSPS) is 22.2. The first-order valence-corrected chi connectivity index (χ1v) is 7.49. The molecule has 1 saturated heterocycles. The molecule has 0 radical (unpaired) electrons. The van der Waals surface area contributed by atoms with Gasteiger partial charge in [0.15, 0.2) is 0 Å². The van der Waals surface area contributed by atoms with E-state index in [0.717, 1.165) is 25.1 Å². The number of nitrogens with zero attached hydrogens (tertiary/aromatic N) is 2. The second-order valence-electron chi connectivity index (χ2n) is 4.42. The third-order valence-electron chi connectivity index (χ3n) is 3.26. The maximum absolute atomic E-state index is 12.9. The highest BCUT2D eigenvalue weighted by Crippen LogP contribution is 2.59. The second kappa shape index (κ2) is 4.80. The molecule has 0 unspecified atom stereocenters. The minimum atomic E-state index is -2.35. The zero-order chi connectivity index (χ0) is 11.6. The van der Waals surface area contributed by atoms with Gasteiger partial charge in [0, 0.05) is 27.2 Å². The maximum atomic E-state index is 12.9. The van der Waals surface area contributed by atoms with Crippen LogP contribution >= 0.6 is 7.79 Å². The Morgan fingerprint density at radius 3 is 2.25 bits per heavy atom. The Morgan fingerprint density at radius 1 is 1.12 bits per heavy atom. The van der Waals surface area contributed by atoms with E-state index in [0.29, 0.717) is 6.16 Å². The molecule has 0 atom stereocenters. The third-order valence-corrected chi connectivity index (χ3v) is 6.57. The van der Waals surface area contributed by atoms with Crippen molar-refractivity contribution in [2.45, 2.75) is 12.6 Å². The molecular weight excluding hydrogens is 219 g/mol. The van der Waals surface area contributed by atoms with E-state index >= 15 is 0 Å². The van der Waals surface area contributed by atoms with Crippen LogP contribution in [-0.4, -0.2) is 36.5 Å². The summed E-state index contributed by atoms with van der Waals surface area (Å²) in [5.41, 5.74) is 1.16. The van der Waals surface area contributed by atoms with E-state index in [1.165, 1.54) is 0 Å². The summed E-state index contributed by atoms with van der Waals surface area (Å²) in [5, 5.41) is 0. The van der Waals surface area contributed by atoms with E-state index in [4.69, 9.17) is 0 Å². The Balaban J connectivity index is 2.17. The van der Waals surface area contributed by atoms with Crippen molar-refractivity contribution in [3.8, 4) is 0 Å². The van der Waals surface area contributed by atoms with Crippen LogP contribution in [0.2, 0.25) is 0 Å². The number of hydrogen-bond acceptors (Lipinski definition) is 3. The van der Waals surface area contributed by atoms with Crippen LogP contribution in [-0.2, 0) is 6.16 Å². The largest absolute Gasteiger partial charge is 0.650 e. The molecule has 3 nitrogen and oxygen atoms in total. The molecule has 2 rings (SSSR count). The van der Waals surface area contributed by atoms with Gasteiger partial charge in [-0.15, -0.1) is 0 Å². The highest BCUT2D eigenvalue weighted by molar-refractivity contribution is 7.63. The molecule has 1 aliphatic rings. The fraction of sp³-hybridized carbons (Fsp3) is 0.500. The van der Waals surface area contributed by atoms with Crippen molar-refractivity contribution < 1.29 is 4.89 Å². The average molecular weight is 238 g/mol. The minimum Gasteiger partial charge on any atom is -0.650 e. The van der Waals surface area contributed by atoms with Crippen molar-refractivity contribution in [3.63, 3.8) is 0 Å². The molecule has 0 N–H and O–H groups in total. The van der Waals surface area contributed by atoms with Gasteiger partial charge in [0.25, 0.3) is 0 Å². The SMILES string of the molecule is CN1CCCN(C)[P+]1([O-])Cc1ccccc1. The Hall–Kier alpha value is -0.470. The van der Waals surface area contributed by atoms with Gasteiger partial charge in [0.1, 0.15) is 14.0 Å². The van der Waals surface area contributed by atoms with Crippen LogP contribution in [0.5, 0.6) is 0 Å². The lowest BCUT2D eigenvalue weighted by atomic mass is 10.2. The van der Waals surface area contributed by atoms with Crippen molar-refractivity contribution >= 4 is 7.79 Å². The summed E-state index contributed by atoms with van der Waals surface area (Å²) in [6, 6.07) is 10.1. The fourth-order valence-corrected chi connectivity index (χ4v) is 4.76. The van der Waals surface area contributed by atoms with Gasteiger partial charge in [0.05, 0.1) is 0 Å². The van der Waals surface area contributed by atoms with Crippen molar-refractivity contribution in [3.05, 3.63) is 35.9 Å². The molecule has 4 heteroatoms. The summed E-state index contributed by atoms with van der Waals surface area (Å²) in [4.78, 5) is 12.9. The van der Waals surface area contributed by atoms with Crippen molar-refractivity contribution in [1.82, 2.24) is 9.34 Å². The van der Waals surface area contributed by atoms with Gasteiger partial charge in [-0.2, -0.15) is 9.34 Å². The van der Waals surface area contributed by atoms with Crippen molar-refractivity contribution in [2.75, 3.05) is 27.2 Å².